The van der Waals surface area contributed by atoms with Gasteiger partial charge in [0.05, 0.1) is 17.0 Å². The first-order valence-corrected chi connectivity index (χ1v) is 18.2. The summed E-state index contributed by atoms with van der Waals surface area (Å²) >= 11 is 0. The van der Waals surface area contributed by atoms with Gasteiger partial charge in [-0.25, -0.2) is 24.9 Å². The van der Waals surface area contributed by atoms with Gasteiger partial charge in [-0.2, -0.15) is 0 Å². The molecule has 258 valence electrons. The molecule has 0 radical (unpaired) electrons. The Kier molecular flexibility index (Phi) is 8.04. The Morgan fingerprint density at radius 1 is 0.291 bits per heavy atom. The summed E-state index contributed by atoms with van der Waals surface area (Å²) in [6, 6.07) is 63.5. The molecule has 10 aromatic rings. The van der Waals surface area contributed by atoms with E-state index in [1.807, 2.05) is 115 Å². The minimum absolute atomic E-state index is 0.549. The van der Waals surface area contributed by atoms with Gasteiger partial charge in [0.2, 0.25) is 0 Å². The van der Waals surface area contributed by atoms with Crippen molar-refractivity contribution in [3.63, 3.8) is 0 Å². The van der Waals surface area contributed by atoms with E-state index >= 15 is 0 Å². The fraction of sp³-hybridized carbons (Fsp3) is 0. The molecule has 0 aliphatic rings. The topological polar surface area (TPSA) is 77.6 Å². The highest BCUT2D eigenvalue weighted by molar-refractivity contribution is 6.09. The smallest absolute Gasteiger partial charge is 0.167 e. The summed E-state index contributed by atoms with van der Waals surface area (Å²) in [5.41, 5.74) is 11.0. The van der Waals surface area contributed by atoms with Gasteiger partial charge in [0, 0.05) is 38.6 Å². The molecule has 0 unspecified atom stereocenters. The molecule has 0 amide bonds. The van der Waals surface area contributed by atoms with Crippen LogP contribution in [0.5, 0.6) is 0 Å². The number of furan rings is 1. The Balaban J connectivity index is 1.08. The molecule has 7 aromatic carbocycles. The first-order chi connectivity index (χ1) is 27.2. The fourth-order valence-electron chi connectivity index (χ4n) is 7.03. The molecule has 0 bridgehead atoms. The number of para-hydroxylation sites is 2. The summed E-state index contributed by atoms with van der Waals surface area (Å²) in [4.78, 5) is 25.2. The SMILES string of the molecule is c1ccc(-c2cc(-c3cccc(-c4cccc(-c5nc(-c6ccccc6)nc(-c6cccc7c6oc6ccccc67)n5)c4)c3)nc(-c3ccccc3)n2)cc1. The number of rotatable bonds is 7. The van der Waals surface area contributed by atoms with Crippen LogP contribution in [0.25, 0.3) is 101 Å². The van der Waals surface area contributed by atoms with E-state index in [2.05, 4.69) is 72.8 Å². The summed E-state index contributed by atoms with van der Waals surface area (Å²) < 4.78 is 6.41. The number of aromatic nitrogens is 5. The molecule has 6 heteroatoms. The van der Waals surface area contributed by atoms with Crippen molar-refractivity contribution < 1.29 is 4.42 Å². The number of fused-ring (bicyclic) bond motifs is 3. The first-order valence-electron chi connectivity index (χ1n) is 18.2. The van der Waals surface area contributed by atoms with Crippen molar-refractivity contribution >= 4 is 21.9 Å². The molecule has 55 heavy (non-hydrogen) atoms. The van der Waals surface area contributed by atoms with Gasteiger partial charge in [0.15, 0.2) is 23.3 Å². The van der Waals surface area contributed by atoms with Crippen LogP contribution < -0.4 is 0 Å². The van der Waals surface area contributed by atoms with E-state index in [1.54, 1.807) is 0 Å². The maximum atomic E-state index is 6.41. The van der Waals surface area contributed by atoms with Crippen LogP contribution in [0.2, 0.25) is 0 Å². The molecule has 3 heterocycles. The van der Waals surface area contributed by atoms with E-state index in [0.717, 1.165) is 77.8 Å². The zero-order valence-electron chi connectivity index (χ0n) is 29.5. The lowest BCUT2D eigenvalue weighted by molar-refractivity contribution is 0.669. The standard InChI is InChI=1S/C49H31N5O/c1-4-15-32(16-5-1)42-31-43(51-46(50-42)33-17-6-2-7-18-33)37-23-12-21-35(29-37)36-22-13-24-38(30-36)48-52-47(34-19-8-3-9-20-34)53-49(54-48)41-27-14-26-40-39-25-10-11-28-44(39)55-45(40)41/h1-31H. The van der Waals surface area contributed by atoms with Crippen LogP contribution >= 0.6 is 0 Å². The van der Waals surface area contributed by atoms with E-state index in [-0.39, 0.29) is 0 Å². The number of hydrogen-bond acceptors (Lipinski definition) is 6. The van der Waals surface area contributed by atoms with Gasteiger partial charge in [0.1, 0.15) is 11.2 Å². The van der Waals surface area contributed by atoms with Crippen molar-refractivity contribution in [2.75, 3.05) is 0 Å². The number of nitrogens with zero attached hydrogens (tertiary/aromatic N) is 5. The minimum Gasteiger partial charge on any atom is -0.455 e. The lowest BCUT2D eigenvalue weighted by atomic mass is 9.99. The summed E-state index contributed by atoms with van der Waals surface area (Å²) in [7, 11) is 0. The second-order valence-corrected chi connectivity index (χ2v) is 13.3. The van der Waals surface area contributed by atoms with E-state index in [0.29, 0.717) is 23.3 Å². The monoisotopic (exact) mass is 705 g/mol. The lowest BCUT2D eigenvalue weighted by Gasteiger charge is -2.12. The van der Waals surface area contributed by atoms with Gasteiger partial charge in [-0.3, -0.25) is 0 Å². The maximum absolute atomic E-state index is 6.41. The van der Waals surface area contributed by atoms with Crippen molar-refractivity contribution in [2.24, 2.45) is 0 Å². The zero-order valence-corrected chi connectivity index (χ0v) is 29.5. The second kappa shape index (κ2) is 13.8. The second-order valence-electron chi connectivity index (χ2n) is 13.3. The van der Waals surface area contributed by atoms with Crippen molar-refractivity contribution in [1.29, 1.82) is 0 Å². The average Bonchev–Trinajstić information content (AvgIpc) is 3.66. The molecule has 0 spiro atoms. The maximum Gasteiger partial charge on any atom is 0.167 e. The van der Waals surface area contributed by atoms with Crippen molar-refractivity contribution in [3.05, 3.63) is 188 Å². The molecule has 0 aliphatic carbocycles. The van der Waals surface area contributed by atoms with Crippen LogP contribution in [0.1, 0.15) is 0 Å². The molecular formula is C49H31N5O. The summed E-state index contributed by atoms with van der Waals surface area (Å²) in [6.45, 7) is 0. The molecule has 0 aliphatic heterocycles. The van der Waals surface area contributed by atoms with Crippen LogP contribution in [-0.4, -0.2) is 24.9 Å². The largest absolute Gasteiger partial charge is 0.455 e. The van der Waals surface area contributed by atoms with Gasteiger partial charge >= 0.3 is 0 Å². The molecule has 0 atom stereocenters. The quantitative estimate of drug-likeness (QED) is 0.164. The zero-order chi connectivity index (χ0) is 36.6. The van der Waals surface area contributed by atoms with Gasteiger partial charge in [0.25, 0.3) is 0 Å². The Morgan fingerprint density at radius 2 is 0.745 bits per heavy atom. The van der Waals surface area contributed by atoms with E-state index in [1.165, 1.54) is 0 Å². The van der Waals surface area contributed by atoms with Crippen LogP contribution in [-0.2, 0) is 0 Å². The molecule has 0 fully saturated rings. The predicted molar refractivity (Wildman–Crippen MR) is 221 cm³/mol. The third-order valence-electron chi connectivity index (χ3n) is 9.75. The van der Waals surface area contributed by atoms with Crippen molar-refractivity contribution in [3.8, 4) is 79.2 Å². The Hall–Kier alpha value is -7.57. The normalized spacial score (nSPS) is 11.3. The molecule has 6 nitrogen and oxygen atoms in total. The first kappa shape index (κ1) is 32.1. The summed E-state index contributed by atoms with van der Waals surface area (Å²) in [5.74, 6) is 2.40. The average molecular weight is 706 g/mol. The van der Waals surface area contributed by atoms with Crippen LogP contribution in [0.15, 0.2) is 192 Å². The molecule has 10 rings (SSSR count). The number of benzene rings is 7. The van der Waals surface area contributed by atoms with Crippen LogP contribution in [0.3, 0.4) is 0 Å². The molecule has 0 saturated carbocycles. The Bertz CT molecular complexity index is 2920. The Labute approximate surface area is 317 Å². The van der Waals surface area contributed by atoms with Gasteiger partial charge in [-0.05, 0) is 41.5 Å². The predicted octanol–water partition coefficient (Wildman–Crippen LogP) is 12.2. The number of hydrogen-bond donors (Lipinski definition) is 0. The molecule has 0 saturated heterocycles. The third kappa shape index (κ3) is 6.22. The van der Waals surface area contributed by atoms with Gasteiger partial charge < -0.3 is 4.42 Å². The lowest BCUT2D eigenvalue weighted by Crippen LogP contribution is -2.00. The third-order valence-corrected chi connectivity index (χ3v) is 9.75. The minimum atomic E-state index is 0.549. The van der Waals surface area contributed by atoms with Gasteiger partial charge in [-0.1, -0.05) is 158 Å². The summed E-state index contributed by atoms with van der Waals surface area (Å²) in [6.07, 6.45) is 0. The van der Waals surface area contributed by atoms with Crippen molar-refractivity contribution in [1.82, 2.24) is 24.9 Å². The van der Waals surface area contributed by atoms with E-state index in [4.69, 9.17) is 29.3 Å². The van der Waals surface area contributed by atoms with E-state index < -0.39 is 0 Å². The van der Waals surface area contributed by atoms with Crippen LogP contribution in [0, 0.1) is 0 Å². The van der Waals surface area contributed by atoms with Gasteiger partial charge in [-0.15, -0.1) is 0 Å². The molecule has 3 aromatic heterocycles. The fourth-order valence-corrected chi connectivity index (χ4v) is 7.03. The summed E-state index contributed by atoms with van der Waals surface area (Å²) in [5, 5.41) is 2.08. The highest BCUT2D eigenvalue weighted by atomic mass is 16.3. The van der Waals surface area contributed by atoms with E-state index in [9.17, 15) is 0 Å². The molecule has 0 N–H and O–H groups in total. The highest BCUT2D eigenvalue weighted by Crippen LogP contribution is 2.36. The van der Waals surface area contributed by atoms with Crippen LogP contribution in [0.4, 0.5) is 0 Å². The molecular weight excluding hydrogens is 675 g/mol. The Morgan fingerprint density at radius 3 is 1.44 bits per heavy atom. The highest BCUT2D eigenvalue weighted by Gasteiger charge is 2.18. The van der Waals surface area contributed by atoms with Crippen molar-refractivity contribution in [2.45, 2.75) is 0 Å².